The van der Waals surface area contributed by atoms with E-state index in [1.54, 1.807) is 24.3 Å². The molecule has 4 N–H and O–H groups in total. The Hall–Kier alpha value is -3.27. The molecule has 2 unspecified atom stereocenters. The van der Waals surface area contributed by atoms with Gasteiger partial charge in [-0.25, -0.2) is 4.79 Å². The third-order valence-corrected chi connectivity index (χ3v) is 4.37. The van der Waals surface area contributed by atoms with E-state index in [4.69, 9.17) is 22.1 Å². The molecule has 0 bridgehead atoms. The van der Waals surface area contributed by atoms with Crippen LogP contribution in [0.4, 0.5) is 23.7 Å². The molecule has 3 amide bonds. The van der Waals surface area contributed by atoms with Gasteiger partial charge in [0, 0.05) is 10.7 Å². The molecule has 0 saturated heterocycles. The number of alkyl halides is 3. The van der Waals surface area contributed by atoms with Crippen LogP contribution in [0.1, 0.15) is 30.5 Å². The summed E-state index contributed by atoms with van der Waals surface area (Å²) in [5.41, 5.74) is 4.94. The van der Waals surface area contributed by atoms with Crippen molar-refractivity contribution in [3.8, 4) is 0 Å². The average molecular weight is 458 g/mol. The highest BCUT2D eigenvalue weighted by Crippen LogP contribution is 2.29. The molecule has 2 atom stereocenters. The lowest BCUT2D eigenvalue weighted by Crippen LogP contribution is -2.36. The van der Waals surface area contributed by atoms with Gasteiger partial charge in [-0.15, -0.1) is 0 Å². The maximum atomic E-state index is 12.6. The molecule has 11 heteroatoms. The third kappa shape index (κ3) is 7.49. The first-order chi connectivity index (χ1) is 14.5. The fourth-order valence-corrected chi connectivity index (χ4v) is 2.70. The quantitative estimate of drug-likeness (QED) is 0.545. The second-order valence-electron chi connectivity index (χ2n) is 6.51. The number of rotatable bonds is 7. The number of halogens is 4. The van der Waals surface area contributed by atoms with Crippen molar-refractivity contribution in [2.75, 3.05) is 5.32 Å². The van der Waals surface area contributed by atoms with Crippen molar-refractivity contribution >= 4 is 35.2 Å². The highest BCUT2D eigenvalue weighted by Gasteiger charge is 2.30. The highest BCUT2D eigenvalue weighted by molar-refractivity contribution is 6.30. The number of nitrogens with two attached hydrogens (primary N) is 1. The van der Waals surface area contributed by atoms with Crippen LogP contribution in [-0.4, -0.2) is 24.0 Å². The molecule has 0 aliphatic carbocycles. The number of hydrogen-bond donors (Lipinski definition) is 3. The summed E-state index contributed by atoms with van der Waals surface area (Å²) >= 11 is 5.83. The molecule has 0 aliphatic heterocycles. The van der Waals surface area contributed by atoms with Crippen molar-refractivity contribution in [3.05, 3.63) is 64.7 Å². The molecule has 0 aliphatic rings. The van der Waals surface area contributed by atoms with Crippen molar-refractivity contribution < 1.29 is 32.3 Å². The van der Waals surface area contributed by atoms with Crippen LogP contribution in [0.3, 0.4) is 0 Å². The maximum absolute atomic E-state index is 12.6. The van der Waals surface area contributed by atoms with Gasteiger partial charge in [-0.2, -0.15) is 13.2 Å². The Balaban J connectivity index is 1.96. The van der Waals surface area contributed by atoms with E-state index in [1.807, 2.05) is 0 Å². The number of ether oxygens (including phenoxy) is 1. The van der Waals surface area contributed by atoms with Crippen LogP contribution in [0.25, 0.3) is 0 Å². The Kier molecular flexibility index (Phi) is 7.87. The molecule has 31 heavy (non-hydrogen) atoms. The smallest absolute Gasteiger partial charge is 0.416 e. The van der Waals surface area contributed by atoms with Crippen LogP contribution in [0.15, 0.2) is 48.5 Å². The third-order valence-electron chi connectivity index (χ3n) is 4.12. The minimum Gasteiger partial charge on any atom is -0.452 e. The lowest BCUT2D eigenvalue weighted by Gasteiger charge is -2.19. The Labute approximate surface area is 180 Å². The molecule has 2 aromatic rings. The maximum Gasteiger partial charge on any atom is 0.416 e. The zero-order valence-corrected chi connectivity index (χ0v) is 17.0. The van der Waals surface area contributed by atoms with E-state index in [2.05, 4.69) is 10.6 Å². The molecular weight excluding hydrogens is 439 g/mol. The van der Waals surface area contributed by atoms with Gasteiger partial charge in [0.25, 0.3) is 5.91 Å². The zero-order valence-electron chi connectivity index (χ0n) is 16.2. The van der Waals surface area contributed by atoms with Gasteiger partial charge in [0.05, 0.1) is 18.0 Å². The van der Waals surface area contributed by atoms with Gasteiger partial charge in [0.15, 0.2) is 6.10 Å². The van der Waals surface area contributed by atoms with Crippen molar-refractivity contribution in [1.82, 2.24) is 5.32 Å². The van der Waals surface area contributed by atoms with Crippen molar-refractivity contribution in [1.29, 1.82) is 0 Å². The Morgan fingerprint density at radius 3 is 2.16 bits per heavy atom. The van der Waals surface area contributed by atoms with E-state index in [0.29, 0.717) is 10.6 Å². The molecule has 0 radical (unpaired) electrons. The summed E-state index contributed by atoms with van der Waals surface area (Å²) in [7, 11) is 0. The second-order valence-corrected chi connectivity index (χ2v) is 6.95. The monoisotopic (exact) mass is 457 g/mol. The van der Waals surface area contributed by atoms with E-state index >= 15 is 0 Å². The lowest BCUT2D eigenvalue weighted by molar-refractivity contribution is -0.153. The molecule has 0 fully saturated rings. The van der Waals surface area contributed by atoms with Crippen LogP contribution < -0.4 is 16.4 Å². The summed E-state index contributed by atoms with van der Waals surface area (Å²) < 4.78 is 42.9. The second kappa shape index (κ2) is 10.2. The fourth-order valence-electron chi connectivity index (χ4n) is 2.57. The first-order valence-corrected chi connectivity index (χ1v) is 9.32. The van der Waals surface area contributed by atoms with Crippen LogP contribution in [0, 0.1) is 0 Å². The summed E-state index contributed by atoms with van der Waals surface area (Å²) in [5.74, 6) is -1.54. The van der Waals surface area contributed by atoms with Crippen molar-refractivity contribution in [3.63, 3.8) is 0 Å². The van der Waals surface area contributed by atoms with Crippen molar-refractivity contribution in [2.45, 2.75) is 31.7 Å². The normalized spacial score (nSPS) is 13.1. The van der Waals surface area contributed by atoms with Gasteiger partial charge < -0.3 is 21.1 Å². The number of amides is 3. The number of anilines is 1. The zero-order chi connectivity index (χ0) is 23.2. The Bertz CT molecular complexity index is 934. The predicted molar refractivity (Wildman–Crippen MR) is 107 cm³/mol. The van der Waals surface area contributed by atoms with E-state index in [9.17, 15) is 27.6 Å². The van der Waals surface area contributed by atoms with E-state index in [0.717, 1.165) is 24.3 Å². The van der Waals surface area contributed by atoms with Crippen LogP contribution in [0.2, 0.25) is 5.02 Å². The fraction of sp³-hybridized carbons (Fsp3) is 0.250. The number of carbonyl (C=O) groups is 3. The molecule has 2 aromatic carbocycles. The molecule has 0 aromatic heterocycles. The van der Waals surface area contributed by atoms with E-state index in [1.165, 1.54) is 6.92 Å². The summed E-state index contributed by atoms with van der Waals surface area (Å²) in [4.78, 5) is 35.7. The molecule has 7 nitrogen and oxygen atoms in total. The van der Waals surface area contributed by atoms with Crippen LogP contribution >= 0.6 is 11.6 Å². The van der Waals surface area contributed by atoms with Crippen molar-refractivity contribution in [2.24, 2.45) is 5.73 Å². The standard InChI is InChI=1S/C20H19ClF3N3O4/c1-11(18(29)26-15-8-4-13(5-9-15)20(22,23)24)31-17(28)10-16(27-19(25)30)12-2-6-14(21)7-3-12/h2-9,11,16H,10H2,1H3,(H,26,29)(H3,25,27,30). The average Bonchev–Trinajstić information content (AvgIpc) is 2.67. The van der Waals surface area contributed by atoms with Gasteiger partial charge in [-0.05, 0) is 48.9 Å². The van der Waals surface area contributed by atoms with Crippen LogP contribution in [0.5, 0.6) is 0 Å². The summed E-state index contributed by atoms with van der Waals surface area (Å²) in [6, 6.07) is 8.46. The number of primary amides is 1. The van der Waals surface area contributed by atoms with Gasteiger partial charge in [-0.3, -0.25) is 9.59 Å². The Morgan fingerprint density at radius 2 is 1.65 bits per heavy atom. The summed E-state index contributed by atoms with van der Waals surface area (Å²) in [6.45, 7) is 1.30. The number of urea groups is 1. The topological polar surface area (TPSA) is 111 Å². The predicted octanol–water partition coefficient (Wildman–Crippen LogP) is 4.03. The van der Waals surface area contributed by atoms with E-state index < -0.39 is 41.8 Å². The van der Waals surface area contributed by atoms with Gasteiger partial charge >= 0.3 is 18.2 Å². The molecule has 0 heterocycles. The summed E-state index contributed by atoms with van der Waals surface area (Å²) in [6.07, 6.45) is -6.05. The lowest BCUT2D eigenvalue weighted by atomic mass is 10.0. The minimum atomic E-state index is -4.50. The molecular formula is C20H19ClF3N3O4. The van der Waals surface area contributed by atoms with Crippen LogP contribution in [-0.2, 0) is 20.5 Å². The first-order valence-electron chi connectivity index (χ1n) is 8.94. The number of esters is 1. The largest absolute Gasteiger partial charge is 0.452 e. The molecule has 0 spiro atoms. The SMILES string of the molecule is CC(OC(=O)CC(NC(N)=O)c1ccc(Cl)cc1)C(=O)Nc1ccc(C(F)(F)F)cc1. The summed E-state index contributed by atoms with van der Waals surface area (Å²) in [5, 5.41) is 5.23. The molecule has 166 valence electrons. The number of carbonyl (C=O) groups excluding carboxylic acids is 3. The number of benzene rings is 2. The minimum absolute atomic E-state index is 0.107. The van der Waals surface area contributed by atoms with Gasteiger partial charge in [-0.1, -0.05) is 23.7 Å². The Morgan fingerprint density at radius 1 is 1.06 bits per heavy atom. The highest BCUT2D eigenvalue weighted by atomic mass is 35.5. The number of nitrogens with one attached hydrogen (secondary N) is 2. The molecule has 2 rings (SSSR count). The van der Waals surface area contributed by atoms with Gasteiger partial charge in [0.1, 0.15) is 0 Å². The molecule has 0 saturated carbocycles. The van der Waals surface area contributed by atoms with E-state index in [-0.39, 0.29) is 12.1 Å². The van der Waals surface area contributed by atoms with Gasteiger partial charge in [0.2, 0.25) is 0 Å². The number of hydrogen-bond acceptors (Lipinski definition) is 4. The first kappa shape index (κ1) is 24.0.